The van der Waals surface area contributed by atoms with Crippen molar-refractivity contribution in [1.82, 2.24) is 13.4 Å². The molecule has 0 spiro atoms. The fourth-order valence-corrected chi connectivity index (χ4v) is 10.7. The summed E-state index contributed by atoms with van der Waals surface area (Å²) in [5, 5.41) is 13.0. The molecule has 0 unspecified atom stereocenters. The Morgan fingerprint density at radius 3 is 1.55 bits per heavy atom. The van der Waals surface area contributed by atoms with Crippen LogP contribution in [0.4, 0.5) is 17.1 Å². The van der Waals surface area contributed by atoms with Gasteiger partial charge in [-0.15, -0.1) is 0 Å². The molecule has 0 radical (unpaired) electrons. The van der Waals surface area contributed by atoms with Gasteiger partial charge < -0.3 is 18.3 Å². The predicted octanol–water partition coefficient (Wildman–Crippen LogP) is 14.6. The van der Waals surface area contributed by atoms with Crippen molar-refractivity contribution in [3.63, 3.8) is 0 Å². The van der Waals surface area contributed by atoms with Crippen molar-refractivity contribution >= 4 is 115 Å². The van der Waals surface area contributed by atoms with E-state index in [1.165, 1.54) is 104 Å². The second-order valence-corrected chi connectivity index (χ2v) is 15.7. The SMILES string of the molecule is c1ccc(N(c2ccccc2)c2ccc3c4cc5c(c6cccc7c8c9c%10ccccc%10n(-c%10ccccc%10)c9ccc8n5c76)c5c6ccccc6n(c3c2)c45)cc1. The summed E-state index contributed by atoms with van der Waals surface area (Å²) in [5.74, 6) is 0. The van der Waals surface area contributed by atoms with Crippen LogP contribution >= 0.6 is 0 Å². The third-order valence-corrected chi connectivity index (χ3v) is 12.8. The topological polar surface area (TPSA) is 17.0 Å². The van der Waals surface area contributed by atoms with Gasteiger partial charge in [0.15, 0.2) is 0 Å². The number of aromatic nitrogens is 3. The lowest BCUT2D eigenvalue weighted by atomic mass is 10.00. The monoisotopic (exact) mass is 736 g/mol. The Balaban J connectivity index is 1.13. The molecule has 0 saturated heterocycles. The molecule has 14 aromatic rings. The zero-order valence-electron chi connectivity index (χ0n) is 31.3. The fourth-order valence-electron chi connectivity index (χ4n) is 10.7. The normalized spacial score (nSPS) is 12.5. The first-order valence-electron chi connectivity index (χ1n) is 20.0. The number of hydrogen-bond acceptors (Lipinski definition) is 1. The molecule has 0 aliphatic carbocycles. The zero-order valence-corrected chi connectivity index (χ0v) is 31.3. The second-order valence-electron chi connectivity index (χ2n) is 15.7. The summed E-state index contributed by atoms with van der Waals surface area (Å²) in [4.78, 5) is 2.36. The van der Waals surface area contributed by atoms with Crippen LogP contribution in [-0.4, -0.2) is 13.4 Å². The maximum absolute atomic E-state index is 2.57. The average molecular weight is 737 g/mol. The van der Waals surface area contributed by atoms with Gasteiger partial charge in [0.1, 0.15) is 0 Å². The summed E-state index contributed by atoms with van der Waals surface area (Å²) in [6, 6.07) is 71.2. The summed E-state index contributed by atoms with van der Waals surface area (Å²) in [5.41, 5.74) is 14.6. The van der Waals surface area contributed by atoms with Crippen LogP contribution in [0.3, 0.4) is 0 Å². The van der Waals surface area contributed by atoms with Crippen LogP contribution in [0.25, 0.3) is 104 Å². The van der Waals surface area contributed by atoms with Gasteiger partial charge in [-0.1, -0.05) is 115 Å². The van der Waals surface area contributed by atoms with Crippen LogP contribution in [-0.2, 0) is 0 Å². The second kappa shape index (κ2) is 10.9. The molecule has 0 bridgehead atoms. The molecule has 0 N–H and O–H groups in total. The average Bonchev–Trinajstić information content (AvgIpc) is 4.07. The predicted molar refractivity (Wildman–Crippen MR) is 245 cm³/mol. The molecule has 5 aromatic heterocycles. The summed E-state index contributed by atoms with van der Waals surface area (Å²) in [7, 11) is 0. The molecule has 5 heterocycles. The molecule has 0 aliphatic heterocycles. The molecule has 0 atom stereocenters. The molecule has 0 amide bonds. The third-order valence-electron chi connectivity index (χ3n) is 12.8. The number of benzene rings is 9. The van der Waals surface area contributed by atoms with Crippen molar-refractivity contribution < 1.29 is 0 Å². The van der Waals surface area contributed by atoms with E-state index in [9.17, 15) is 0 Å². The molecule has 268 valence electrons. The van der Waals surface area contributed by atoms with Crippen LogP contribution < -0.4 is 4.90 Å². The van der Waals surface area contributed by atoms with Crippen LogP contribution in [0, 0.1) is 0 Å². The number of hydrogen-bond donors (Lipinski definition) is 0. The van der Waals surface area contributed by atoms with Gasteiger partial charge >= 0.3 is 0 Å². The van der Waals surface area contributed by atoms with Crippen molar-refractivity contribution in [3.05, 3.63) is 194 Å². The molecule has 0 fully saturated rings. The standard InChI is InChI=1S/C54H32N4/c1-4-15-33(16-5-1)55(34-17-6-2-7-18-34)36-27-28-37-42-32-48-51(52-39-22-11-13-26-44(39)57(54(42)52)47(37)31-36)41-24-14-23-40-50-46(58(48)53(40)41)30-29-45-49(50)38-21-10-12-25-43(38)56(45)35-19-8-3-9-20-35/h1-32H. The van der Waals surface area contributed by atoms with Crippen LogP contribution in [0.2, 0.25) is 0 Å². The Morgan fingerprint density at radius 1 is 0.276 bits per heavy atom. The van der Waals surface area contributed by atoms with Crippen molar-refractivity contribution in [2.45, 2.75) is 0 Å². The minimum Gasteiger partial charge on any atom is -0.310 e. The van der Waals surface area contributed by atoms with Gasteiger partial charge in [-0.05, 0) is 78.9 Å². The van der Waals surface area contributed by atoms with E-state index in [0.29, 0.717) is 0 Å². The first-order valence-corrected chi connectivity index (χ1v) is 20.0. The van der Waals surface area contributed by atoms with Gasteiger partial charge in [0.2, 0.25) is 0 Å². The van der Waals surface area contributed by atoms with E-state index in [0.717, 1.165) is 17.1 Å². The number of nitrogens with zero attached hydrogens (tertiary/aromatic N) is 4. The van der Waals surface area contributed by atoms with Gasteiger partial charge in [0.05, 0.1) is 44.1 Å². The van der Waals surface area contributed by atoms with Crippen LogP contribution in [0.15, 0.2) is 194 Å². The number of para-hydroxylation sites is 6. The maximum Gasteiger partial charge on any atom is 0.0628 e. The van der Waals surface area contributed by atoms with E-state index in [4.69, 9.17) is 0 Å². The van der Waals surface area contributed by atoms with Gasteiger partial charge in [0.25, 0.3) is 0 Å². The largest absolute Gasteiger partial charge is 0.310 e. The molecular weight excluding hydrogens is 705 g/mol. The zero-order chi connectivity index (χ0) is 37.6. The van der Waals surface area contributed by atoms with E-state index in [-0.39, 0.29) is 0 Å². The molecule has 58 heavy (non-hydrogen) atoms. The third kappa shape index (κ3) is 3.70. The van der Waals surface area contributed by atoms with E-state index < -0.39 is 0 Å². The highest BCUT2D eigenvalue weighted by molar-refractivity contribution is 6.40. The van der Waals surface area contributed by atoms with E-state index in [1.807, 2.05) is 0 Å². The van der Waals surface area contributed by atoms with Crippen LogP contribution in [0.5, 0.6) is 0 Å². The van der Waals surface area contributed by atoms with Crippen LogP contribution in [0.1, 0.15) is 0 Å². The molecule has 14 rings (SSSR count). The Bertz CT molecular complexity index is 3910. The van der Waals surface area contributed by atoms with Crippen molar-refractivity contribution in [1.29, 1.82) is 0 Å². The van der Waals surface area contributed by atoms with E-state index in [1.54, 1.807) is 0 Å². The highest BCUT2D eigenvalue weighted by Gasteiger charge is 2.27. The van der Waals surface area contributed by atoms with E-state index >= 15 is 0 Å². The molecule has 9 aromatic carbocycles. The van der Waals surface area contributed by atoms with Gasteiger partial charge in [-0.25, -0.2) is 0 Å². The van der Waals surface area contributed by atoms with Gasteiger partial charge in [0, 0.05) is 76.6 Å². The Labute approximate surface area is 331 Å². The molecular formula is C54H32N4. The van der Waals surface area contributed by atoms with Gasteiger partial charge in [-0.2, -0.15) is 0 Å². The smallest absolute Gasteiger partial charge is 0.0628 e. The molecule has 4 heteroatoms. The Hall–Kier alpha value is -7.82. The minimum absolute atomic E-state index is 1.13. The maximum atomic E-state index is 2.57. The molecule has 4 nitrogen and oxygen atoms in total. The van der Waals surface area contributed by atoms with Crippen molar-refractivity contribution in [2.24, 2.45) is 0 Å². The van der Waals surface area contributed by atoms with Crippen molar-refractivity contribution in [3.8, 4) is 5.69 Å². The Morgan fingerprint density at radius 2 is 0.828 bits per heavy atom. The summed E-state index contributed by atoms with van der Waals surface area (Å²) in [6.07, 6.45) is 0. The highest BCUT2D eigenvalue weighted by Crippen LogP contribution is 2.50. The quantitative estimate of drug-likeness (QED) is 0.176. The molecule has 0 aliphatic rings. The van der Waals surface area contributed by atoms with E-state index in [2.05, 4.69) is 212 Å². The lowest BCUT2D eigenvalue weighted by Gasteiger charge is -2.25. The lowest BCUT2D eigenvalue weighted by Crippen LogP contribution is -2.09. The lowest BCUT2D eigenvalue weighted by molar-refractivity contribution is 1.18. The Kier molecular flexibility index (Phi) is 5.73. The summed E-state index contributed by atoms with van der Waals surface area (Å²) < 4.78 is 7.53. The van der Waals surface area contributed by atoms with Crippen molar-refractivity contribution in [2.75, 3.05) is 4.90 Å². The van der Waals surface area contributed by atoms with Gasteiger partial charge in [-0.3, -0.25) is 0 Å². The highest BCUT2D eigenvalue weighted by atomic mass is 15.1. The first-order chi connectivity index (χ1) is 28.8. The minimum atomic E-state index is 1.13. The molecule has 0 saturated carbocycles. The number of rotatable bonds is 4. The number of fused-ring (bicyclic) bond motifs is 17. The first kappa shape index (κ1) is 30.4. The number of anilines is 3. The fraction of sp³-hybridized carbons (Fsp3) is 0. The summed E-state index contributed by atoms with van der Waals surface area (Å²) in [6.45, 7) is 0. The summed E-state index contributed by atoms with van der Waals surface area (Å²) >= 11 is 0.